The van der Waals surface area contributed by atoms with Gasteiger partial charge in [0.05, 0.1) is 14.2 Å². The van der Waals surface area contributed by atoms with Crippen molar-refractivity contribution < 1.29 is 17.9 Å². The maximum Gasteiger partial charge on any atom is 0.244 e. The molecule has 2 aromatic rings. The van der Waals surface area contributed by atoms with Crippen molar-refractivity contribution in [2.75, 3.05) is 14.2 Å². The summed E-state index contributed by atoms with van der Waals surface area (Å²) in [6.07, 6.45) is 1.31. The van der Waals surface area contributed by atoms with Gasteiger partial charge >= 0.3 is 0 Å². The van der Waals surface area contributed by atoms with Crippen molar-refractivity contribution in [3.63, 3.8) is 0 Å². The van der Waals surface area contributed by atoms with Crippen LogP contribution in [0.2, 0.25) is 0 Å². The first-order chi connectivity index (χ1) is 11.9. The molecule has 0 spiro atoms. The van der Waals surface area contributed by atoms with Crippen LogP contribution >= 0.6 is 0 Å². The molecule has 0 saturated carbocycles. The van der Waals surface area contributed by atoms with E-state index in [1.165, 1.54) is 20.3 Å². The third-order valence-electron chi connectivity index (χ3n) is 4.11. The minimum Gasteiger partial charge on any atom is -0.496 e. The first kappa shape index (κ1) is 19.3. The summed E-state index contributed by atoms with van der Waals surface area (Å²) in [7, 11) is -0.762. The van der Waals surface area contributed by atoms with E-state index in [1.54, 1.807) is 6.07 Å². The maximum atomic E-state index is 12.9. The van der Waals surface area contributed by atoms with Gasteiger partial charge in [-0.2, -0.15) is 0 Å². The van der Waals surface area contributed by atoms with E-state index in [9.17, 15) is 8.42 Å². The number of benzene rings is 2. The third-order valence-corrected chi connectivity index (χ3v) is 5.65. The topological polar surface area (TPSA) is 64.6 Å². The van der Waals surface area contributed by atoms with E-state index in [0.29, 0.717) is 24.3 Å². The number of rotatable bonds is 8. The number of hydrogen-bond acceptors (Lipinski definition) is 4. The average Bonchev–Trinajstić information content (AvgIpc) is 2.61. The summed E-state index contributed by atoms with van der Waals surface area (Å²) in [6.45, 7) is 3.80. The van der Waals surface area contributed by atoms with Gasteiger partial charge in [0.25, 0.3) is 0 Å². The molecule has 2 aromatic carbocycles. The van der Waals surface area contributed by atoms with Crippen molar-refractivity contribution in [3.05, 3.63) is 53.6 Å². The highest BCUT2D eigenvalue weighted by Gasteiger charge is 2.24. The van der Waals surface area contributed by atoms with Crippen LogP contribution in [0.5, 0.6) is 11.5 Å². The van der Waals surface area contributed by atoms with Gasteiger partial charge in [0.15, 0.2) is 0 Å². The lowest BCUT2D eigenvalue weighted by Crippen LogP contribution is -2.36. The molecular formula is C19H25NO4S. The Balaban J connectivity index is 2.31. The first-order valence-corrected chi connectivity index (χ1v) is 9.68. The van der Waals surface area contributed by atoms with Gasteiger partial charge in [0.1, 0.15) is 16.4 Å². The molecule has 6 heteroatoms. The molecule has 2 rings (SSSR count). The summed E-state index contributed by atoms with van der Waals surface area (Å²) in [4.78, 5) is 0.0870. The molecule has 0 radical (unpaired) electrons. The Morgan fingerprint density at radius 2 is 1.68 bits per heavy atom. The molecule has 0 amide bonds. The fourth-order valence-electron chi connectivity index (χ4n) is 2.68. The molecule has 0 bridgehead atoms. The van der Waals surface area contributed by atoms with E-state index < -0.39 is 10.0 Å². The first-order valence-electron chi connectivity index (χ1n) is 8.20. The molecule has 0 aliphatic rings. The molecule has 0 fully saturated rings. The number of nitrogens with one attached hydrogen (secondary N) is 1. The van der Waals surface area contributed by atoms with Gasteiger partial charge in [-0.3, -0.25) is 0 Å². The number of methoxy groups -OCH3 is 2. The van der Waals surface area contributed by atoms with Crippen molar-refractivity contribution in [2.24, 2.45) is 0 Å². The Hall–Kier alpha value is -2.05. The summed E-state index contributed by atoms with van der Waals surface area (Å²) >= 11 is 0. The van der Waals surface area contributed by atoms with Crippen LogP contribution in [0.4, 0.5) is 0 Å². The van der Waals surface area contributed by atoms with Crippen molar-refractivity contribution in [1.82, 2.24) is 4.72 Å². The SMILES string of the molecule is CCC(Cc1ccccc1)NS(=O)(=O)c1cc(OC)c(C)cc1OC. The van der Waals surface area contributed by atoms with Gasteiger partial charge in [-0.15, -0.1) is 0 Å². The van der Waals surface area contributed by atoms with E-state index in [-0.39, 0.29) is 10.9 Å². The molecule has 0 heterocycles. The van der Waals surface area contributed by atoms with Crippen LogP contribution < -0.4 is 14.2 Å². The zero-order valence-electron chi connectivity index (χ0n) is 15.1. The average molecular weight is 363 g/mol. The molecule has 1 atom stereocenters. The van der Waals surface area contributed by atoms with Gasteiger partial charge in [-0.05, 0) is 37.0 Å². The van der Waals surface area contributed by atoms with Gasteiger partial charge in [-0.1, -0.05) is 37.3 Å². The van der Waals surface area contributed by atoms with Crippen LogP contribution in [0.3, 0.4) is 0 Å². The molecule has 5 nitrogen and oxygen atoms in total. The third kappa shape index (κ3) is 4.74. The maximum absolute atomic E-state index is 12.9. The van der Waals surface area contributed by atoms with Gasteiger partial charge < -0.3 is 9.47 Å². The molecule has 0 aliphatic heterocycles. The number of sulfonamides is 1. The minimum atomic E-state index is -3.74. The second kappa shape index (κ2) is 8.36. The fraction of sp³-hybridized carbons (Fsp3) is 0.368. The van der Waals surface area contributed by atoms with Crippen LogP contribution in [0, 0.1) is 6.92 Å². The second-order valence-electron chi connectivity index (χ2n) is 5.89. The summed E-state index contributed by atoms with van der Waals surface area (Å²) in [5.41, 5.74) is 1.90. The molecular weight excluding hydrogens is 338 g/mol. The Morgan fingerprint density at radius 1 is 1.04 bits per heavy atom. The standard InChI is InChI=1S/C19H25NO4S/c1-5-16(12-15-9-7-6-8-10-15)20-25(21,22)19-13-17(23-3)14(2)11-18(19)24-4/h6-11,13,16,20H,5,12H2,1-4H3. The van der Waals surface area contributed by atoms with Crippen LogP contribution in [0.15, 0.2) is 47.4 Å². The Kier molecular flexibility index (Phi) is 6.45. The molecule has 0 aliphatic carbocycles. The normalized spacial score (nSPS) is 12.6. The lowest BCUT2D eigenvalue weighted by molar-refractivity contribution is 0.389. The molecule has 1 unspecified atom stereocenters. The molecule has 136 valence electrons. The van der Waals surface area contributed by atoms with Crippen molar-refractivity contribution in [2.45, 2.75) is 37.6 Å². The zero-order chi connectivity index (χ0) is 18.4. The van der Waals surface area contributed by atoms with Gasteiger partial charge in [0.2, 0.25) is 10.0 Å². The predicted octanol–water partition coefficient (Wildman–Crippen LogP) is 3.31. The number of ether oxygens (including phenoxy) is 2. The Labute approximate surface area is 150 Å². The highest BCUT2D eigenvalue weighted by atomic mass is 32.2. The highest BCUT2D eigenvalue weighted by Crippen LogP contribution is 2.31. The Bertz CT molecular complexity index is 804. The van der Waals surface area contributed by atoms with Crippen LogP contribution in [-0.4, -0.2) is 28.7 Å². The molecule has 0 saturated heterocycles. The number of hydrogen-bond donors (Lipinski definition) is 1. The summed E-state index contributed by atoms with van der Waals surface area (Å²) in [5.74, 6) is 0.817. The lowest BCUT2D eigenvalue weighted by atomic mass is 10.1. The fourth-order valence-corrected chi connectivity index (χ4v) is 4.17. The van der Waals surface area contributed by atoms with Crippen molar-refractivity contribution >= 4 is 10.0 Å². The summed E-state index contributed by atoms with van der Waals surface area (Å²) in [5, 5.41) is 0. The molecule has 25 heavy (non-hydrogen) atoms. The smallest absolute Gasteiger partial charge is 0.244 e. The monoisotopic (exact) mass is 363 g/mol. The van der Waals surface area contributed by atoms with Crippen molar-refractivity contribution in [1.29, 1.82) is 0 Å². The van der Waals surface area contributed by atoms with E-state index >= 15 is 0 Å². The quantitative estimate of drug-likeness (QED) is 0.781. The van der Waals surface area contributed by atoms with E-state index in [1.807, 2.05) is 44.2 Å². The van der Waals surface area contributed by atoms with Crippen LogP contribution in [0.25, 0.3) is 0 Å². The summed E-state index contributed by atoms with van der Waals surface area (Å²) < 4.78 is 39.1. The zero-order valence-corrected chi connectivity index (χ0v) is 15.9. The van der Waals surface area contributed by atoms with E-state index in [4.69, 9.17) is 9.47 Å². The Morgan fingerprint density at radius 3 is 2.24 bits per heavy atom. The minimum absolute atomic E-state index is 0.0870. The van der Waals surface area contributed by atoms with Crippen molar-refractivity contribution in [3.8, 4) is 11.5 Å². The second-order valence-corrected chi connectivity index (χ2v) is 7.57. The predicted molar refractivity (Wildman–Crippen MR) is 98.8 cm³/mol. The number of aryl methyl sites for hydroxylation is 1. The van der Waals surface area contributed by atoms with E-state index in [0.717, 1.165) is 11.1 Å². The summed E-state index contributed by atoms with van der Waals surface area (Å²) in [6, 6.07) is 12.8. The lowest BCUT2D eigenvalue weighted by Gasteiger charge is -2.19. The molecule has 0 aromatic heterocycles. The molecule has 1 N–H and O–H groups in total. The van der Waals surface area contributed by atoms with Gasteiger partial charge in [-0.25, -0.2) is 13.1 Å². The van der Waals surface area contributed by atoms with E-state index in [2.05, 4.69) is 4.72 Å². The van der Waals surface area contributed by atoms with Crippen LogP contribution in [-0.2, 0) is 16.4 Å². The highest BCUT2D eigenvalue weighted by molar-refractivity contribution is 7.89. The van der Waals surface area contributed by atoms with Crippen LogP contribution in [0.1, 0.15) is 24.5 Å². The largest absolute Gasteiger partial charge is 0.496 e. The van der Waals surface area contributed by atoms with Gasteiger partial charge in [0, 0.05) is 12.1 Å².